The third kappa shape index (κ3) is 7.28. The van der Waals surface area contributed by atoms with E-state index in [9.17, 15) is 10.2 Å². The molecule has 0 aromatic carbocycles. The third-order valence-electron chi connectivity index (χ3n) is 7.08. The molecule has 29 heavy (non-hydrogen) atoms. The Balaban J connectivity index is 1.81. The van der Waals surface area contributed by atoms with Crippen LogP contribution in [0.4, 0.5) is 0 Å². The second-order valence-corrected chi connectivity index (χ2v) is 9.08. The lowest BCUT2D eigenvalue weighted by molar-refractivity contribution is 0.137. The van der Waals surface area contributed by atoms with Crippen LogP contribution in [-0.2, 0) is 0 Å². The minimum Gasteiger partial charge on any atom is -0.392 e. The van der Waals surface area contributed by atoms with Crippen molar-refractivity contribution in [2.75, 3.05) is 19.6 Å². The molecule has 0 amide bonds. The molecule has 0 spiro atoms. The second-order valence-electron chi connectivity index (χ2n) is 9.08. The van der Waals surface area contributed by atoms with Crippen molar-refractivity contribution in [3.8, 4) is 11.8 Å². The zero-order valence-electron chi connectivity index (χ0n) is 19.1. The molecule has 0 saturated heterocycles. The summed E-state index contributed by atoms with van der Waals surface area (Å²) in [5.41, 5.74) is 1.60. The largest absolute Gasteiger partial charge is 0.392 e. The maximum Gasteiger partial charge on any atom is 0.0755 e. The normalized spacial score (nSPS) is 30.0. The average molecular weight is 402 g/mol. The highest BCUT2D eigenvalue weighted by molar-refractivity contribution is 5.18. The lowest BCUT2D eigenvalue weighted by Crippen LogP contribution is -2.23. The van der Waals surface area contributed by atoms with Gasteiger partial charge in [0.15, 0.2) is 0 Å². The van der Waals surface area contributed by atoms with Gasteiger partial charge in [0.25, 0.3) is 0 Å². The van der Waals surface area contributed by atoms with Gasteiger partial charge in [0.05, 0.1) is 12.2 Å². The van der Waals surface area contributed by atoms with Gasteiger partial charge in [0.2, 0.25) is 0 Å². The second kappa shape index (κ2) is 12.6. The van der Waals surface area contributed by atoms with Crippen LogP contribution >= 0.6 is 0 Å². The van der Waals surface area contributed by atoms with Gasteiger partial charge < -0.3 is 15.1 Å². The summed E-state index contributed by atoms with van der Waals surface area (Å²) in [6, 6.07) is 0. The summed E-state index contributed by atoms with van der Waals surface area (Å²) in [6.07, 6.45) is 13.4. The number of allylic oxidation sites excluding steroid dienone is 2. The fourth-order valence-corrected chi connectivity index (χ4v) is 5.08. The van der Waals surface area contributed by atoms with Gasteiger partial charge in [0, 0.05) is 12.3 Å². The summed E-state index contributed by atoms with van der Waals surface area (Å²) in [6.45, 7) is 11.9. The lowest BCUT2D eigenvalue weighted by atomic mass is 9.89. The topological polar surface area (TPSA) is 43.7 Å². The van der Waals surface area contributed by atoms with Gasteiger partial charge in [-0.15, -0.1) is 11.8 Å². The van der Waals surface area contributed by atoms with Gasteiger partial charge in [-0.2, -0.15) is 0 Å². The van der Waals surface area contributed by atoms with Crippen molar-refractivity contribution in [3.05, 3.63) is 23.8 Å². The van der Waals surface area contributed by atoms with Crippen LogP contribution in [0.25, 0.3) is 0 Å². The van der Waals surface area contributed by atoms with Gasteiger partial charge in [-0.3, -0.25) is 0 Å². The van der Waals surface area contributed by atoms with E-state index in [0.29, 0.717) is 18.3 Å². The Morgan fingerprint density at radius 3 is 2.66 bits per heavy atom. The molecule has 2 N–H and O–H groups in total. The predicted molar refractivity (Wildman–Crippen MR) is 122 cm³/mol. The highest BCUT2D eigenvalue weighted by atomic mass is 16.3. The van der Waals surface area contributed by atoms with E-state index in [2.05, 4.69) is 42.7 Å². The fraction of sp³-hybridized carbons (Fsp3) is 0.769. The quantitative estimate of drug-likeness (QED) is 0.297. The van der Waals surface area contributed by atoms with Crippen molar-refractivity contribution >= 4 is 0 Å². The zero-order valence-corrected chi connectivity index (χ0v) is 19.1. The molecule has 0 aromatic heterocycles. The van der Waals surface area contributed by atoms with Gasteiger partial charge in [0.1, 0.15) is 0 Å². The Kier molecular flexibility index (Phi) is 10.5. The molecule has 164 valence electrons. The first-order valence-electron chi connectivity index (χ1n) is 11.8. The van der Waals surface area contributed by atoms with Crippen LogP contribution in [0.3, 0.4) is 0 Å². The maximum atomic E-state index is 10.5. The fourth-order valence-electron chi connectivity index (χ4n) is 5.08. The Hall–Kier alpha value is -1.08. The van der Waals surface area contributed by atoms with Gasteiger partial charge in [-0.05, 0) is 82.8 Å². The summed E-state index contributed by atoms with van der Waals surface area (Å²) in [7, 11) is 0. The number of rotatable bonds is 11. The summed E-state index contributed by atoms with van der Waals surface area (Å²) < 4.78 is 0. The average Bonchev–Trinajstić information content (AvgIpc) is 3.23. The smallest absolute Gasteiger partial charge is 0.0755 e. The lowest BCUT2D eigenvalue weighted by Gasteiger charge is -2.19. The third-order valence-corrected chi connectivity index (χ3v) is 7.08. The van der Waals surface area contributed by atoms with E-state index >= 15 is 0 Å². The van der Waals surface area contributed by atoms with E-state index in [1.807, 2.05) is 19.9 Å². The Labute approximate surface area is 179 Å². The monoisotopic (exact) mass is 401 g/mol. The van der Waals surface area contributed by atoms with Crippen LogP contribution in [0.5, 0.6) is 0 Å². The number of aliphatic hydroxyl groups excluding tert-OH is 2. The Morgan fingerprint density at radius 1 is 1.21 bits per heavy atom. The van der Waals surface area contributed by atoms with Crippen LogP contribution in [0, 0.1) is 35.5 Å². The standard InChI is InChI=1S/C26H43NO2/c1-5-8-12-20(4)25(28)15-14-23-24-18-21(17-22(24)19-26(23)29)13-10-9-11-16-27(6-2)7-3/h13-15,20,22-26,28-29H,6-7,9-12,16-19H2,1-4H3/b15-14+,21-13+/t20-,22-,23+,24-,25+,26+/m0/s1. The van der Waals surface area contributed by atoms with Gasteiger partial charge in [-0.25, -0.2) is 0 Å². The van der Waals surface area contributed by atoms with E-state index in [1.54, 1.807) is 5.57 Å². The minimum atomic E-state index is -0.482. The molecule has 0 aromatic rings. The number of fused-ring (bicyclic) bond motifs is 1. The first kappa shape index (κ1) is 24.2. The molecule has 2 fully saturated rings. The highest BCUT2D eigenvalue weighted by Crippen LogP contribution is 2.50. The van der Waals surface area contributed by atoms with Crippen molar-refractivity contribution in [3.63, 3.8) is 0 Å². The van der Waals surface area contributed by atoms with Crippen LogP contribution in [-0.4, -0.2) is 47.0 Å². The maximum absolute atomic E-state index is 10.5. The molecule has 2 saturated carbocycles. The van der Waals surface area contributed by atoms with E-state index in [4.69, 9.17) is 0 Å². The van der Waals surface area contributed by atoms with Gasteiger partial charge >= 0.3 is 0 Å². The molecule has 0 aliphatic heterocycles. The highest BCUT2D eigenvalue weighted by Gasteiger charge is 2.44. The first-order chi connectivity index (χ1) is 14.0. The summed E-state index contributed by atoms with van der Waals surface area (Å²) >= 11 is 0. The minimum absolute atomic E-state index is 0.128. The molecule has 0 unspecified atom stereocenters. The molecule has 6 atom stereocenters. The zero-order chi connectivity index (χ0) is 21.2. The molecule has 2 aliphatic rings. The van der Waals surface area contributed by atoms with Crippen molar-refractivity contribution in [2.24, 2.45) is 23.7 Å². The van der Waals surface area contributed by atoms with E-state index in [1.165, 1.54) is 25.8 Å². The van der Waals surface area contributed by atoms with Crippen LogP contribution in [0.2, 0.25) is 0 Å². The molecule has 0 radical (unpaired) electrons. The molecular formula is C26H43NO2. The molecule has 0 bridgehead atoms. The molecule has 3 nitrogen and oxygen atoms in total. The first-order valence-corrected chi connectivity index (χ1v) is 11.8. The van der Waals surface area contributed by atoms with Crippen molar-refractivity contribution < 1.29 is 10.2 Å². The summed E-state index contributed by atoms with van der Waals surface area (Å²) in [4.78, 5) is 2.50. The molecule has 2 rings (SSSR count). The Morgan fingerprint density at radius 2 is 1.97 bits per heavy atom. The van der Waals surface area contributed by atoms with Crippen molar-refractivity contribution in [2.45, 2.75) is 84.8 Å². The summed E-state index contributed by atoms with van der Waals surface area (Å²) in [5, 5.41) is 20.9. The summed E-state index contributed by atoms with van der Waals surface area (Å²) in [5.74, 6) is 7.41. The van der Waals surface area contributed by atoms with Crippen LogP contribution in [0.15, 0.2) is 23.8 Å². The molecule has 0 heterocycles. The molecule has 2 aliphatic carbocycles. The SMILES string of the molecule is CC#CC[C@H](C)[C@H](O)/C=C/[C@@H]1[C@H]2C/C(=C/CCCCN(CC)CC)C[C@H]2C[C@H]1O. The van der Waals surface area contributed by atoms with E-state index in [0.717, 1.165) is 32.4 Å². The van der Waals surface area contributed by atoms with E-state index in [-0.39, 0.29) is 17.9 Å². The Bertz CT molecular complexity index is 596. The van der Waals surface area contributed by atoms with E-state index < -0.39 is 6.10 Å². The molecular weight excluding hydrogens is 358 g/mol. The molecule has 3 heteroatoms. The number of unbranched alkanes of at least 4 members (excludes halogenated alkanes) is 2. The van der Waals surface area contributed by atoms with Crippen LogP contribution in [0.1, 0.15) is 72.6 Å². The number of nitrogens with zero attached hydrogens (tertiary/aromatic N) is 1. The van der Waals surface area contributed by atoms with Crippen molar-refractivity contribution in [1.29, 1.82) is 0 Å². The van der Waals surface area contributed by atoms with Crippen LogP contribution < -0.4 is 0 Å². The predicted octanol–water partition coefficient (Wildman–Crippen LogP) is 4.80. The number of aliphatic hydroxyl groups is 2. The van der Waals surface area contributed by atoms with Gasteiger partial charge in [-0.1, -0.05) is 44.6 Å². The number of hydrogen-bond donors (Lipinski definition) is 2. The number of hydrogen-bond acceptors (Lipinski definition) is 3. The van der Waals surface area contributed by atoms with Crippen molar-refractivity contribution in [1.82, 2.24) is 4.90 Å².